The number of nitriles is 1. The summed E-state index contributed by atoms with van der Waals surface area (Å²) in [6, 6.07) is 14.2. The number of rotatable bonds is 1. The summed E-state index contributed by atoms with van der Waals surface area (Å²) in [5, 5.41) is 11.1. The highest BCUT2D eigenvalue weighted by Crippen LogP contribution is 2.44. The summed E-state index contributed by atoms with van der Waals surface area (Å²) in [4.78, 5) is 15.7. The van der Waals surface area contributed by atoms with E-state index < -0.39 is 5.92 Å². The van der Waals surface area contributed by atoms with Crippen molar-refractivity contribution < 1.29 is 4.74 Å². The summed E-state index contributed by atoms with van der Waals surface area (Å²) in [5.41, 5.74) is 7.23. The molecule has 1 aliphatic rings. The summed E-state index contributed by atoms with van der Waals surface area (Å²) in [6.07, 6.45) is 0. The first-order valence-electron chi connectivity index (χ1n) is 7.68. The first kappa shape index (κ1) is 16.5. The maximum atomic E-state index is 12.8. The van der Waals surface area contributed by atoms with Crippen LogP contribution in [0.25, 0.3) is 10.9 Å². The van der Waals surface area contributed by atoms with Crippen LogP contribution in [-0.2, 0) is 0 Å². The SMILES string of the molecule is N#CC1=C(N)Oc2c(c(=O)[nH]c3ccccc23)[C@@H]1c1ccc(Cl)cc1Cl. The normalized spacial score (nSPS) is 16.1. The lowest BCUT2D eigenvalue weighted by atomic mass is 9.83. The topological polar surface area (TPSA) is 91.9 Å². The van der Waals surface area contributed by atoms with Gasteiger partial charge >= 0.3 is 0 Å². The van der Waals surface area contributed by atoms with E-state index in [2.05, 4.69) is 4.98 Å². The van der Waals surface area contributed by atoms with Gasteiger partial charge in [-0.3, -0.25) is 4.79 Å². The monoisotopic (exact) mass is 383 g/mol. The predicted octanol–water partition coefficient (Wildman–Crippen LogP) is 4.05. The van der Waals surface area contributed by atoms with Crippen LogP contribution < -0.4 is 16.0 Å². The molecule has 3 N–H and O–H groups in total. The Kier molecular flexibility index (Phi) is 3.87. The number of fused-ring (bicyclic) bond motifs is 3. The standard InChI is InChI=1S/C19H11Cl2N3O2/c20-9-5-6-10(13(21)7-9)15-12(8-22)18(23)26-17-11-3-1-2-4-14(11)24-19(25)16(15)17/h1-7,15H,23H2,(H,24,25)/t15-/m1/s1. The molecule has 128 valence electrons. The molecule has 0 aliphatic carbocycles. The molecule has 1 aromatic heterocycles. The number of hydrogen-bond acceptors (Lipinski definition) is 4. The highest BCUT2D eigenvalue weighted by atomic mass is 35.5. The number of nitrogens with two attached hydrogens (primary N) is 1. The van der Waals surface area contributed by atoms with Crippen LogP contribution in [0.15, 0.2) is 58.7 Å². The Balaban J connectivity index is 2.10. The van der Waals surface area contributed by atoms with Crippen molar-refractivity contribution >= 4 is 34.1 Å². The molecular formula is C19H11Cl2N3O2. The third-order valence-electron chi connectivity index (χ3n) is 4.36. The molecule has 26 heavy (non-hydrogen) atoms. The van der Waals surface area contributed by atoms with Gasteiger partial charge in [-0.1, -0.05) is 41.4 Å². The van der Waals surface area contributed by atoms with E-state index in [-0.39, 0.29) is 17.0 Å². The molecule has 4 rings (SSSR count). The minimum Gasteiger partial charge on any atom is -0.439 e. The number of benzene rings is 2. The fraction of sp³-hybridized carbons (Fsp3) is 0.0526. The van der Waals surface area contributed by atoms with Gasteiger partial charge in [-0.15, -0.1) is 0 Å². The van der Waals surface area contributed by atoms with Crippen LogP contribution in [0, 0.1) is 11.3 Å². The van der Waals surface area contributed by atoms with Crippen molar-refractivity contribution in [3.05, 3.63) is 85.4 Å². The Morgan fingerprint density at radius 1 is 1.19 bits per heavy atom. The number of aromatic nitrogens is 1. The molecule has 0 spiro atoms. The Hall–Kier alpha value is -2.94. The molecule has 3 aromatic rings. The van der Waals surface area contributed by atoms with Crippen LogP contribution in [0.1, 0.15) is 17.0 Å². The van der Waals surface area contributed by atoms with Crippen molar-refractivity contribution in [3.8, 4) is 11.8 Å². The number of aromatic amines is 1. The molecule has 1 atom stereocenters. The Bertz CT molecular complexity index is 1190. The molecule has 2 aromatic carbocycles. The number of hydrogen-bond donors (Lipinski definition) is 2. The summed E-state index contributed by atoms with van der Waals surface area (Å²) in [6.45, 7) is 0. The van der Waals surface area contributed by atoms with Gasteiger partial charge in [0.05, 0.1) is 17.0 Å². The fourth-order valence-electron chi connectivity index (χ4n) is 3.22. The van der Waals surface area contributed by atoms with E-state index in [1.807, 2.05) is 18.2 Å². The minimum atomic E-state index is -0.748. The van der Waals surface area contributed by atoms with Crippen molar-refractivity contribution in [3.63, 3.8) is 0 Å². The van der Waals surface area contributed by atoms with Gasteiger partial charge in [0.2, 0.25) is 5.88 Å². The summed E-state index contributed by atoms with van der Waals surface area (Å²) in [5.74, 6) is -0.467. The lowest BCUT2D eigenvalue weighted by Gasteiger charge is -2.27. The molecule has 0 saturated heterocycles. The Morgan fingerprint density at radius 3 is 2.69 bits per heavy atom. The number of ether oxygens (including phenoxy) is 1. The zero-order valence-electron chi connectivity index (χ0n) is 13.2. The molecule has 2 heterocycles. The smallest absolute Gasteiger partial charge is 0.256 e. The highest BCUT2D eigenvalue weighted by molar-refractivity contribution is 6.35. The highest BCUT2D eigenvalue weighted by Gasteiger charge is 2.35. The second kappa shape index (κ2) is 6.10. The molecule has 0 saturated carbocycles. The van der Waals surface area contributed by atoms with Gasteiger partial charge in [0.25, 0.3) is 5.56 Å². The van der Waals surface area contributed by atoms with Gasteiger partial charge in [-0.25, -0.2) is 0 Å². The van der Waals surface area contributed by atoms with E-state index in [1.54, 1.807) is 30.3 Å². The van der Waals surface area contributed by atoms with Crippen LogP contribution in [0.4, 0.5) is 0 Å². The van der Waals surface area contributed by atoms with Gasteiger partial charge in [-0.05, 0) is 29.8 Å². The van der Waals surface area contributed by atoms with Crippen LogP contribution in [-0.4, -0.2) is 4.98 Å². The van der Waals surface area contributed by atoms with E-state index in [0.29, 0.717) is 37.8 Å². The predicted molar refractivity (Wildman–Crippen MR) is 100 cm³/mol. The molecule has 0 fully saturated rings. The molecule has 5 nitrogen and oxygen atoms in total. The number of pyridine rings is 1. The fourth-order valence-corrected chi connectivity index (χ4v) is 3.74. The molecule has 1 aliphatic heterocycles. The number of allylic oxidation sites excluding steroid dienone is 1. The Labute approximate surface area is 158 Å². The van der Waals surface area contributed by atoms with Crippen molar-refractivity contribution in [2.45, 2.75) is 5.92 Å². The second-order valence-corrected chi connectivity index (χ2v) is 6.68. The maximum Gasteiger partial charge on any atom is 0.256 e. The molecule has 0 amide bonds. The average molecular weight is 384 g/mol. The minimum absolute atomic E-state index is 0.0493. The third kappa shape index (κ3) is 2.43. The summed E-state index contributed by atoms with van der Waals surface area (Å²) < 4.78 is 5.69. The number of nitrogens with zero attached hydrogens (tertiary/aromatic N) is 1. The van der Waals surface area contributed by atoms with Gasteiger partial charge in [0, 0.05) is 15.4 Å². The third-order valence-corrected chi connectivity index (χ3v) is 4.92. The van der Waals surface area contributed by atoms with Crippen molar-refractivity contribution in [1.29, 1.82) is 5.26 Å². The van der Waals surface area contributed by atoms with Crippen molar-refractivity contribution in [1.82, 2.24) is 4.98 Å². The molecule has 7 heteroatoms. The van der Waals surface area contributed by atoms with Crippen LogP contribution >= 0.6 is 23.2 Å². The van der Waals surface area contributed by atoms with Gasteiger partial charge < -0.3 is 15.5 Å². The molecule has 0 radical (unpaired) electrons. The lowest BCUT2D eigenvalue weighted by Crippen LogP contribution is -2.28. The molecule has 0 bridgehead atoms. The van der Waals surface area contributed by atoms with E-state index in [1.165, 1.54) is 0 Å². The number of nitrogens with one attached hydrogen (secondary N) is 1. The maximum absolute atomic E-state index is 12.8. The van der Waals surface area contributed by atoms with Gasteiger partial charge in [-0.2, -0.15) is 5.26 Å². The molecular weight excluding hydrogens is 373 g/mol. The quantitative estimate of drug-likeness (QED) is 0.662. The van der Waals surface area contributed by atoms with E-state index in [4.69, 9.17) is 33.7 Å². The first-order chi connectivity index (χ1) is 12.5. The van der Waals surface area contributed by atoms with Crippen molar-refractivity contribution in [2.75, 3.05) is 0 Å². The second-order valence-electron chi connectivity index (χ2n) is 5.83. The number of halogens is 2. The van der Waals surface area contributed by atoms with Crippen LogP contribution in [0.3, 0.4) is 0 Å². The van der Waals surface area contributed by atoms with Gasteiger partial charge in [0.15, 0.2) is 0 Å². The first-order valence-corrected chi connectivity index (χ1v) is 8.44. The van der Waals surface area contributed by atoms with Crippen LogP contribution in [0.2, 0.25) is 10.0 Å². The average Bonchev–Trinajstić information content (AvgIpc) is 2.61. The van der Waals surface area contributed by atoms with Gasteiger partial charge in [0.1, 0.15) is 17.4 Å². The lowest BCUT2D eigenvalue weighted by molar-refractivity contribution is 0.397. The zero-order chi connectivity index (χ0) is 18.4. The summed E-state index contributed by atoms with van der Waals surface area (Å²) >= 11 is 12.3. The molecule has 0 unspecified atom stereocenters. The van der Waals surface area contributed by atoms with Crippen LogP contribution in [0.5, 0.6) is 5.75 Å². The largest absolute Gasteiger partial charge is 0.439 e. The number of para-hydroxylation sites is 1. The zero-order valence-corrected chi connectivity index (χ0v) is 14.7. The van der Waals surface area contributed by atoms with E-state index in [9.17, 15) is 10.1 Å². The number of H-pyrrole nitrogens is 1. The van der Waals surface area contributed by atoms with Crippen molar-refractivity contribution in [2.24, 2.45) is 5.73 Å². The Morgan fingerprint density at radius 2 is 1.96 bits per heavy atom. The van der Waals surface area contributed by atoms with E-state index >= 15 is 0 Å². The van der Waals surface area contributed by atoms with E-state index in [0.717, 1.165) is 0 Å². The summed E-state index contributed by atoms with van der Waals surface area (Å²) in [7, 11) is 0.